The molecule has 2 rings (SSSR count). The smallest absolute Gasteiger partial charge is 0.129 e. The van der Waals surface area contributed by atoms with Crippen LogP contribution in [-0.2, 0) is 0 Å². The zero-order valence-corrected chi connectivity index (χ0v) is 8.89. The van der Waals surface area contributed by atoms with Gasteiger partial charge in [0.25, 0.3) is 0 Å². The average Bonchev–Trinajstić information content (AvgIpc) is 2.32. The van der Waals surface area contributed by atoms with E-state index in [4.69, 9.17) is 11.6 Å². The lowest BCUT2D eigenvalue weighted by Crippen LogP contribution is -2.05. The van der Waals surface area contributed by atoms with Gasteiger partial charge in [-0.15, -0.1) is 0 Å². The van der Waals surface area contributed by atoms with Gasteiger partial charge >= 0.3 is 0 Å². The van der Waals surface area contributed by atoms with Gasteiger partial charge in [-0.05, 0) is 18.2 Å². The monoisotopic (exact) mass is 238 g/mol. The number of aliphatic hydroxyl groups is 1. The Bertz CT molecular complexity index is 493. The highest BCUT2D eigenvalue weighted by molar-refractivity contribution is 6.30. The van der Waals surface area contributed by atoms with Gasteiger partial charge in [0.05, 0.1) is 11.9 Å². The summed E-state index contributed by atoms with van der Waals surface area (Å²) in [5, 5.41) is 10.3. The van der Waals surface area contributed by atoms with Crippen LogP contribution in [0.3, 0.4) is 0 Å². The molecule has 0 saturated heterocycles. The summed E-state index contributed by atoms with van der Waals surface area (Å²) in [6, 6.07) is 4.00. The number of aliphatic hydroxyl groups excluding tert-OH is 1. The minimum atomic E-state index is -1.16. The van der Waals surface area contributed by atoms with Crippen molar-refractivity contribution in [2.24, 2.45) is 0 Å². The summed E-state index contributed by atoms with van der Waals surface area (Å²) < 4.78 is 13.4. The summed E-state index contributed by atoms with van der Waals surface area (Å²) in [5.41, 5.74) is 0.372. The quantitative estimate of drug-likeness (QED) is 0.874. The summed E-state index contributed by atoms with van der Waals surface area (Å²) in [4.78, 5) is 7.71. The van der Waals surface area contributed by atoms with E-state index in [1.54, 1.807) is 0 Å². The Kier molecular flexibility index (Phi) is 3.12. The lowest BCUT2D eigenvalue weighted by Gasteiger charge is -2.10. The van der Waals surface area contributed by atoms with Crippen LogP contribution < -0.4 is 0 Å². The Hall–Kier alpha value is -1.52. The van der Waals surface area contributed by atoms with Gasteiger partial charge in [0.2, 0.25) is 0 Å². The van der Waals surface area contributed by atoms with E-state index >= 15 is 0 Å². The molecular formula is C11H8ClFN2O. The summed E-state index contributed by atoms with van der Waals surface area (Å²) in [6.07, 6.45) is 3.13. The molecule has 1 aromatic carbocycles. The topological polar surface area (TPSA) is 46.0 Å². The number of rotatable bonds is 2. The second-order valence-electron chi connectivity index (χ2n) is 3.20. The molecule has 0 aliphatic rings. The van der Waals surface area contributed by atoms with Crippen molar-refractivity contribution in [3.05, 3.63) is 58.9 Å². The highest BCUT2D eigenvalue weighted by Crippen LogP contribution is 2.25. The molecule has 1 aromatic heterocycles. The van der Waals surface area contributed by atoms with Gasteiger partial charge < -0.3 is 5.11 Å². The standard InChI is InChI=1S/C11H8ClFN2O/c12-7-1-2-9(13)8(5-7)11(16)10-6-14-3-4-15-10/h1-6,11,16H. The molecule has 5 heteroatoms. The first kappa shape index (κ1) is 11.0. The highest BCUT2D eigenvalue weighted by Gasteiger charge is 2.16. The molecule has 0 amide bonds. The minimum absolute atomic E-state index is 0.0907. The summed E-state index contributed by atoms with van der Waals surface area (Å²) in [5.74, 6) is -0.525. The molecule has 2 aromatic rings. The number of halogens is 2. The summed E-state index contributed by atoms with van der Waals surface area (Å²) >= 11 is 5.73. The van der Waals surface area contributed by atoms with Gasteiger partial charge in [-0.2, -0.15) is 0 Å². The fourth-order valence-corrected chi connectivity index (χ4v) is 1.52. The third-order valence-corrected chi connectivity index (χ3v) is 2.35. The maximum atomic E-state index is 13.4. The van der Waals surface area contributed by atoms with E-state index in [0.717, 1.165) is 0 Å². The van der Waals surface area contributed by atoms with Gasteiger partial charge in [0.15, 0.2) is 0 Å². The van der Waals surface area contributed by atoms with Crippen molar-refractivity contribution < 1.29 is 9.50 Å². The lowest BCUT2D eigenvalue weighted by molar-refractivity contribution is 0.209. The van der Waals surface area contributed by atoms with E-state index in [9.17, 15) is 9.50 Å². The minimum Gasteiger partial charge on any atom is -0.382 e. The van der Waals surface area contributed by atoms with Crippen LogP contribution in [0.2, 0.25) is 5.02 Å². The number of aromatic nitrogens is 2. The molecule has 0 spiro atoms. The SMILES string of the molecule is OC(c1cnccn1)c1cc(Cl)ccc1F. The summed E-state index contributed by atoms with van der Waals surface area (Å²) in [7, 11) is 0. The Morgan fingerprint density at radius 3 is 2.81 bits per heavy atom. The molecule has 0 saturated carbocycles. The zero-order chi connectivity index (χ0) is 11.5. The molecule has 0 aliphatic heterocycles. The van der Waals surface area contributed by atoms with Crippen LogP contribution in [0.5, 0.6) is 0 Å². The molecule has 1 atom stereocenters. The number of benzene rings is 1. The van der Waals surface area contributed by atoms with Crippen molar-refractivity contribution in [2.45, 2.75) is 6.10 Å². The molecule has 3 nitrogen and oxygen atoms in total. The van der Waals surface area contributed by atoms with Crippen molar-refractivity contribution in [1.82, 2.24) is 9.97 Å². The normalized spacial score (nSPS) is 12.4. The van der Waals surface area contributed by atoms with E-state index in [0.29, 0.717) is 5.02 Å². The first-order valence-electron chi connectivity index (χ1n) is 4.57. The molecule has 0 bridgehead atoms. The molecule has 1 unspecified atom stereocenters. The predicted octanol–water partition coefficient (Wildman–Crippen LogP) is 2.35. The molecule has 0 radical (unpaired) electrons. The van der Waals surface area contributed by atoms with Crippen LogP contribution in [-0.4, -0.2) is 15.1 Å². The number of hydrogen-bond donors (Lipinski definition) is 1. The molecule has 82 valence electrons. The van der Waals surface area contributed by atoms with Crippen LogP contribution in [0, 0.1) is 5.82 Å². The molecule has 0 fully saturated rings. The van der Waals surface area contributed by atoms with E-state index in [1.807, 2.05) is 0 Å². The molecule has 0 aliphatic carbocycles. The Morgan fingerprint density at radius 2 is 2.12 bits per heavy atom. The van der Waals surface area contributed by atoms with Crippen LogP contribution in [0.1, 0.15) is 17.4 Å². The van der Waals surface area contributed by atoms with Crippen LogP contribution in [0.15, 0.2) is 36.8 Å². The van der Waals surface area contributed by atoms with E-state index in [1.165, 1.54) is 36.8 Å². The Morgan fingerprint density at radius 1 is 1.31 bits per heavy atom. The van der Waals surface area contributed by atoms with Crippen molar-refractivity contribution >= 4 is 11.6 Å². The van der Waals surface area contributed by atoms with Crippen molar-refractivity contribution in [1.29, 1.82) is 0 Å². The first-order chi connectivity index (χ1) is 7.68. The van der Waals surface area contributed by atoms with Gasteiger partial charge in [-0.1, -0.05) is 11.6 Å². The Labute approximate surface area is 96.6 Å². The molecule has 1 N–H and O–H groups in total. The predicted molar refractivity (Wildman–Crippen MR) is 57.5 cm³/mol. The average molecular weight is 239 g/mol. The summed E-state index contributed by atoms with van der Waals surface area (Å²) in [6.45, 7) is 0. The highest BCUT2D eigenvalue weighted by atomic mass is 35.5. The number of nitrogens with zero attached hydrogens (tertiary/aromatic N) is 2. The second kappa shape index (κ2) is 4.55. The number of hydrogen-bond acceptors (Lipinski definition) is 3. The fraction of sp³-hybridized carbons (Fsp3) is 0.0909. The zero-order valence-electron chi connectivity index (χ0n) is 8.14. The maximum absolute atomic E-state index is 13.4. The van der Waals surface area contributed by atoms with Crippen LogP contribution in [0.4, 0.5) is 4.39 Å². The molecule has 16 heavy (non-hydrogen) atoms. The van der Waals surface area contributed by atoms with E-state index < -0.39 is 11.9 Å². The largest absolute Gasteiger partial charge is 0.382 e. The molecule has 1 heterocycles. The van der Waals surface area contributed by atoms with Crippen molar-refractivity contribution in [3.63, 3.8) is 0 Å². The molecular weight excluding hydrogens is 231 g/mol. The maximum Gasteiger partial charge on any atom is 0.129 e. The van der Waals surface area contributed by atoms with Gasteiger partial charge in [0, 0.05) is 23.0 Å². The Balaban J connectivity index is 2.41. The van der Waals surface area contributed by atoms with Crippen LogP contribution >= 0.6 is 11.6 Å². The van der Waals surface area contributed by atoms with Crippen molar-refractivity contribution in [2.75, 3.05) is 0 Å². The van der Waals surface area contributed by atoms with Gasteiger partial charge in [-0.3, -0.25) is 9.97 Å². The van der Waals surface area contributed by atoms with Crippen LogP contribution in [0.25, 0.3) is 0 Å². The third kappa shape index (κ3) is 2.18. The lowest BCUT2D eigenvalue weighted by atomic mass is 10.1. The first-order valence-corrected chi connectivity index (χ1v) is 4.95. The van der Waals surface area contributed by atoms with Gasteiger partial charge in [0.1, 0.15) is 11.9 Å². The van der Waals surface area contributed by atoms with E-state index in [-0.39, 0.29) is 11.3 Å². The van der Waals surface area contributed by atoms with Gasteiger partial charge in [-0.25, -0.2) is 4.39 Å². The third-order valence-electron chi connectivity index (χ3n) is 2.12. The fourth-order valence-electron chi connectivity index (χ4n) is 1.34. The van der Waals surface area contributed by atoms with E-state index in [2.05, 4.69) is 9.97 Å². The second-order valence-corrected chi connectivity index (χ2v) is 3.64. The van der Waals surface area contributed by atoms with Crippen molar-refractivity contribution in [3.8, 4) is 0 Å².